The zero-order chi connectivity index (χ0) is 17.9. The molecule has 0 aromatic carbocycles. The van der Waals surface area contributed by atoms with Crippen LogP contribution in [0.4, 0.5) is 0 Å². The standard InChI is InChI=1S/C15H26ClN5O2S.HI/c1-17-15(20(3)11-14-8-12(16)10-19(14)2)18-9-13-6-5-7-21(13)24(4,22)23;/h8,10,13H,5-7,9,11H2,1-4H3,(H,17,18);1H/t13-;/m1./s1. The van der Waals surface area contributed by atoms with Crippen LogP contribution < -0.4 is 5.32 Å². The van der Waals surface area contributed by atoms with E-state index in [1.807, 2.05) is 35.8 Å². The van der Waals surface area contributed by atoms with E-state index >= 15 is 0 Å². The van der Waals surface area contributed by atoms with E-state index < -0.39 is 10.0 Å². The first kappa shape index (κ1) is 22.5. The molecular weight excluding hydrogens is 477 g/mol. The summed E-state index contributed by atoms with van der Waals surface area (Å²) in [5.41, 5.74) is 1.07. The quantitative estimate of drug-likeness (QED) is 0.377. The molecule has 0 unspecified atom stereocenters. The van der Waals surface area contributed by atoms with Crippen molar-refractivity contribution in [3.63, 3.8) is 0 Å². The maximum absolute atomic E-state index is 11.8. The Morgan fingerprint density at radius 2 is 2.20 bits per heavy atom. The third-order valence-electron chi connectivity index (χ3n) is 4.29. The van der Waals surface area contributed by atoms with Gasteiger partial charge in [0.15, 0.2) is 5.96 Å². The number of halogens is 2. The fourth-order valence-corrected chi connectivity index (χ4v) is 4.54. The zero-order valence-electron chi connectivity index (χ0n) is 15.1. The van der Waals surface area contributed by atoms with Crippen molar-refractivity contribution in [3.05, 3.63) is 23.0 Å². The van der Waals surface area contributed by atoms with Crippen molar-refractivity contribution in [1.82, 2.24) is 19.1 Å². The van der Waals surface area contributed by atoms with Crippen molar-refractivity contribution in [2.24, 2.45) is 12.0 Å². The zero-order valence-corrected chi connectivity index (χ0v) is 19.0. The number of aliphatic imine (C=N–C) groups is 1. The van der Waals surface area contributed by atoms with Crippen molar-refractivity contribution in [1.29, 1.82) is 0 Å². The van der Waals surface area contributed by atoms with Crippen LogP contribution >= 0.6 is 35.6 Å². The molecule has 1 aliphatic heterocycles. The molecular formula is C15H27ClIN5O2S. The van der Waals surface area contributed by atoms with Gasteiger partial charge in [-0.25, -0.2) is 8.42 Å². The summed E-state index contributed by atoms with van der Waals surface area (Å²) in [4.78, 5) is 6.28. The van der Waals surface area contributed by atoms with Gasteiger partial charge in [0, 0.05) is 52.2 Å². The lowest BCUT2D eigenvalue weighted by Crippen LogP contribution is -2.46. The lowest BCUT2D eigenvalue weighted by molar-refractivity contribution is 0.379. The Morgan fingerprint density at radius 1 is 1.52 bits per heavy atom. The van der Waals surface area contributed by atoms with E-state index in [1.54, 1.807) is 11.4 Å². The number of guanidine groups is 1. The molecule has 1 fully saturated rings. The number of nitrogens with one attached hydrogen (secondary N) is 1. The molecule has 25 heavy (non-hydrogen) atoms. The van der Waals surface area contributed by atoms with Gasteiger partial charge in [-0.1, -0.05) is 11.6 Å². The van der Waals surface area contributed by atoms with E-state index in [-0.39, 0.29) is 30.0 Å². The molecule has 1 N–H and O–H groups in total. The first-order chi connectivity index (χ1) is 11.2. The van der Waals surface area contributed by atoms with Crippen molar-refractivity contribution < 1.29 is 8.42 Å². The highest BCUT2D eigenvalue weighted by Crippen LogP contribution is 2.19. The van der Waals surface area contributed by atoms with Crippen LogP contribution in [0.5, 0.6) is 0 Å². The van der Waals surface area contributed by atoms with E-state index in [9.17, 15) is 8.42 Å². The highest BCUT2D eigenvalue weighted by molar-refractivity contribution is 14.0. The van der Waals surface area contributed by atoms with Gasteiger partial charge in [0.2, 0.25) is 10.0 Å². The SMILES string of the molecule is CN=C(NC[C@H]1CCCN1S(C)(=O)=O)N(C)Cc1cc(Cl)cn1C.I. The Hall–Kier alpha value is -0.520. The molecule has 7 nitrogen and oxygen atoms in total. The fraction of sp³-hybridized carbons (Fsp3) is 0.667. The molecule has 0 aliphatic carbocycles. The summed E-state index contributed by atoms with van der Waals surface area (Å²) in [7, 11) is 2.46. The van der Waals surface area contributed by atoms with Gasteiger partial charge in [0.1, 0.15) is 0 Å². The number of hydrogen-bond donors (Lipinski definition) is 1. The number of sulfonamides is 1. The van der Waals surface area contributed by atoms with Crippen LogP contribution in [0.25, 0.3) is 0 Å². The maximum atomic E-state index is 11.8. The van der Waals surface area contributed by atoms with Crippen LogP contribution in [-0.4, -0.2) is 67.6 Å². The van der Waals surface area contributed by atoms with E-state index in [1.165, 1.54) is 6.26 Å². The van der Waals surface area contributed by atoms with E-state index in [2.05, 4.69) is 10.3 Å². The van der Waals surface area contributed by atoms with Crippen LogP contribution in [0.1, 0.15) is 18.5 Å². The Balaban J connectivity index is 0.00000312. The van der Waals surface area contributed by atoms with Gasteiger partial charge in [0.25, 0.3) is 0 Å². The normalized spacial score (nSPS) is 18.9. The third-order valence-corrected chi connectivity index (χ3v) is 5.83. The average Bonchev–Trinajstić information content (AvgIpc) is 3.06. The number of nitrogens with zero attached hydrogens (tertiary/aromatic N) is 4. The second-order valence-electron chi connectivity index (χ2n) is 6.21. The van der Waals surface area contributed by atoms with Crippen LogP contribution in [0.15, 0.2) is 17.3 Å². The first-order valence-corrected chi connectivity index (χ1v) is 10.1. The Kier molecular flexibility index (Phi) is 8.49. The predicted octanol–water partition coefficient (Wildman–Crippen LogP) is 1.73. The van der Waals surface area contributed by atoms with Crippen molar-refractivity contribution in [2.75, 3.05) is 33.4 Å². The van der Waals surface area contributed by atoms with E-state index in [4.69, 9.17) is 11.6 Å². The second-order valence-corrected chi connectivity index (χ2v) is 8.59. The molecule has 0 spiro atoms. The second kappa shape index (κ2) is 9.43. The molecule has 10 heteroatoms. The van der Waals surface area contributed by atoms with Crippen molar-refractivity contribution in [3.8, 4) is 0 Å². The van der Waals surface area contributed by atoms with Gasteiger partial charge in [-0.3, -0.25) is 4.99 Å². The monoisotopic (exact) mass is 503 g/mol. The predicted molar refractivity (Wildman–Crippen MR) is 113 cm³/mol. The maximum Gasteiger partial charge on any atom is 0.211 e. The smallest absolute Gasteiger partial charge is 0.211 e. The van der Waals surface area contributed by atoms with Gasteiger partial charge in [0.05, 0.1) is 17.8 Å². The lowest BCUT2D eigenvalue weighted by atomic mass is 10.2. The first-order valence-electron chi connectivity index (χ1n) is 7.91. The van der Waals surface area contributed by atoms with E-state index in [0.717, 1.165) is 24.5 Å². The molecule has 1 saturated heterocycles. The molecule has 1 atom stereocenters. The topological polar surface area (TPSA) is 69.9 Å². The fourth-order valence-electron chi connectivity index (χ4n) is 3.08. The van der Waals surface area contributed by atoms with Gasteiger partial charge in [-0.05, 0) is 18.9 Å². The molecule has 1 aliphatic rings. The summed E-state index contributed by atoms with van der Waals surface area (Å²) in [6.45, 7) is 1.81. The number of rotatable bonds is 5. The molecule has 144 valence electrons. The molecule has 2 rings (SSSR count). The molecule has 2 heterocycles. The molecule has 0 saturated carbocycles. The van der Waals surface area contributed by atoms with Gasteiger partial charge < -0.3 is 14.8 Å². The minimum absolute atomic E-state index is 0. The Bertz CT molecular complexity index is 707. The van der Waals surface area contributed by atoms with Gasteiger partial charge >= 0.3 is 0 Å². The van der Waals surface area contributed by atoms with Crippen LogP contribution in [0.3, 0.4) is 0 Å². The summed E-state index contributed by atoms with van der Waals surface area (Å²) in [5, 5.41) is 3.99. The van der Waals surface area contributed by atoms with E-state index in [0.29, 0.717) is 24.7 Å². The summed E-state index contributed by atoms with van der Waals surface area (Å²) in [6.07, 6.45) is 4.90. The van der Waals surface area contributed by atoms with Crippen LogP contribution in [0.2, 0.25) is 5.02 Å². The number of aryl methyl sites for hydroxylation is 1. The summed E-state index contributed by atoms with van der Waals surface area (Å²) in [6, 6.07) is 1.91. The number of hydrogen-bond acceptors (Lipinski definition) is 3. The van der Waals surface area contributed by atoms with Gasteiger partial charge in [-0.2, -0.15) is 4.31 Å². The summed E-state index contributed by atoms with van der Waals surface area (Å²) < 4.78 is 27.2. The van der Waals surface area contributed by atoms with Crippen LogP contribution in [-0.2, 0) is 23.6 Å². The molecule has 0 bridgehead atoms. The van der Waals surface area contributed by atoms with Crippen LogP contribution in [0, 0.1) is 0 Å². The van der Waals surface area contributed by atoms with Crippen molar-refractivity contribution >= 4 is 51.6 Å². The molecule has 0 amide bonds. The van der Waals surface area contributed by atoms with Crippen molar-refractivity contribution in [2.45, 2.75) is 25.4 Å². The highest BCUT2D eigenvalue weighted by Gasteiger charge is 2.31. The molecule has 0 radical (unpaired) electrons. The Morgan fingerprint density at radius 3 is 2.72 bits per heavy atom. The number of aromatic nitrogens is 1. The summed E-state index contributed by atoms with van der Waals surface area (Å²) in [5.74, 6) is 0.729. The third kappa shape index (κ3) is 6.00. The molecule has 1 aromatic rings. The minimum atomic E-state index is -3.16. The van der Waals surface area contributed by atoms with Gasteiger partial charge in [-0.15, -0.1) is 24.0 Å². The highest BCUT2D eigenvalue weighted by atomic mass is 127. The Labute approximate surface area is 172 Å². The minimum Gasteiger partial charge on any atom is -0.355 e. The largest absolute Gasteiger partial charge is 0.355 e. The molecule has 1 aromatic heterocycles. The average molecular weight is 504 g/mol. The summed E-state index contributed by atoms with van der Waals surface area (Å²) >= 11 is 6.02. The lowest BCUT2D eigenvalue weighted by Gasteiger charge is -2.26.